The first-order chi connectivity index (χ1) is 14.8. The Kier molecular flexibility index (Phi) is 7.15. The van der Waals surface area contributed by atoms with Crippen LogP contribution < -0.4 is 16.0 Å². The number of carbonyl (C=O) groups excluding carboxylic acids is 4. The van der Waals surface area contributed by atoms with Crippen molar-refractivity contribution in [1.29, 1.82) is 0 Å². The van der Waals surface area contributed by atoms with Gasteiger partial charge in [-0.3, -0.25) is 19.7 Å². The molecule has 168 valence electrons. The van der Waals surface area contributed by atoms with Crippen molar-refractivity contribution in [2.45, 2.75) is 49.6 Å². The van der Waals surface area contributed by atoms with Gasteiger partial charge in [0, 0.05) is 24.9 Å². The summed E-state index contributed by atoms with van der Waals surface area (Å²) in [4.78, 5) is 69.0. The maximum absolute atomic E-state index is 13.0. The molecule has 0 aliphatic carbocycles. The van der Waals surface area contributed by atoms with E-state index < -0.39 is 41.9 Å². The van der Waals surface area contributed by atoms with E-state index in [2.05, 4.69) is 25.9 Å². The van der Waals surface area contributed by atoms with Crippen molar-refractivity contribution in [3.8, 4) is 0 Å². The lowest BCUT2D eigenvalue weighted by atomic mass is 10.1. The van der Waals surface area contributed by atoms with E-state index in [1.807, 2.05) is 0 Å². The average molecular weight is 452 g/mol. The number of imide groups is 1. The van der Waals surface area contributed by atoms with Crippen molar-refractivity contribution < 1.29 is 29.1 Å². The van der Waals surface area contributed by atoms with Crippen LogP contribution in [0.5, 0.6) is 0 Å². The number of carboxylic acids is 1. The summed E-state index contributed by atoms with van der Waals surface area (Å²) in [5.74, 6) is -2.34. The minimum Gasteiger partial charge on any atom is -0.480 e. The Balaban J connectivity index is 1.66. The zero-order chi connectivity index (χ0) is 22.5. The van der Waals surface area contributed by atoms with Crippen molar-refractivity contribution in [3.63, 3.8) is 0 Å². The third kappa shape index (κ3) is 5.54. The van der Waals surface area contributed by atoms with Crippen LogP contribution in [-0.2, 0) is 25.6 Å². The summed E-state index contributed by atoms with van der Waals surface area (Å²) in [7, 11) is 0. The standard InChI is InChI=1S/C18H24N6O6S/c1-9-14(25)21-12(7-31-9)15(26)23-18(30)22-11(5-10-6-19-8-20-10)16(27)24-4-2-3-13(24)17(28)29/h6,8-9,11-13H,2-5,7H2,1H3,(H,19,20)(H,21,25)(H,28,29)(H2,22,23,26,30)/t9?,11-,12?,13-/m0/s1. The van der Waals surface area contributed by atoms with Gasteiger partial charge in [-0.25, -0.2) is 14.6 Å². The summed E-state index contributed by atoms with van der Waals surface area (Å²) in [5.41, 5.74) is 0.487. The number of imidazole rings is 1. The summed E-state index contributed by atoms with van der Waals surface area (Å²) >= 11 is 1.30. The number of H-pyrrole nitrogens is 1. The van der Waals surface area contributed by atoms with Crippen molar-refractivity contribution >= 4 is 41.5 Å². The number of aromatic amines is 1. The molecule has 0 saturated carbocycles. The molecule has 5 amide bonds. The van der Waals surface area contributed by atoms with Gasteiger partial charge in [0.25, 0.3) is 5.91 Å². The lowest BCUT2D eigenvalue weighted by Gasteiger charge is -2.28. The summed E-state index contributed by atoms with van der Waals surface area (Å²) < 4.78 is 0. The van der Waals surface area contributed by atoms with E-state index in [0.717, 1.165) is 0 Å². The first-order valence-corrected chi connectivity index (χ1v) is 10.9. The third-order valence-electron chi connectivity index (χ3n) is 5.14. The Morgan fingerprint density at radius 2 is 2.16 bits per heavy atom. The Morgan fingerprint density at radius 1 is 1.39 bits per heavy atom. The number of carboxylic acid groups (broad SMARTS) is 1. The van der Waals surface area contributed by atoms with Gasteiger partial charge in [-0.2, -0.15) is 0 Å². The van der Waals surface area contributed by atoms with Crippen molar-refractivity contribution in [2.75, 3.05) is 12.3 Å². The van der Waals surface area contributed by atoms with Crippen LogP contribution in [0, 0.1) is 0 Å². The van der Waals surface area contributed by atoms with Gasteiger partial charge in [-0.1, -0.05) is 0 Å². The van der Waals surface area contributed by atoms with Gasteiger partial charge in [-0.05, 0) is 19.8 Å². The number of urea groups is 1. The predicted molar refractivity (Wildman–Crippen MR) is 109 cm³/mol. The molecule has 2 aliphatic heterocycles. The lowest BCUT2D eigenvalue weighted by molar-refractivity contribution is -0.148. The van der Waals surface area contributed by atoms with Crippen molar-refractivity contribution in [2.24, 2.45) is 0 Å². The number of aliphatic carboxylic acids is 1. The average Bonchev–Trinajstić information content (AvgIpc) is 3.40. The number of nitrogens with one attached hydrogen (secondary N) is 4. The highest BCUT2D eigenvalue weighted by molar-refractivity contribution is 8.00. The van der Waals surface area contributed by atoms with Crippen LogP contribution in [0.2, 0.25) is 0 Å². The highest BCUT2D eigenvalue weighted by Crippen LogP contribution is 2.20. The van der Waals surface area contributed by atoms with E-state index in [0.29, 0.717) is 24.3 Å². The molecule has 1 aromatic rings. The normalized spacial score (nSPS) is 24.2. The second kappa shape index (κ2) is 9.81. The van der Waals surface area contributed by atoms with Gasteiger partial charge in [0.2, 0.25) is 11.8 Å². The third-order valence-corrected chi connectivity index (χ3v) is 6.38. The molecule has 2 aliphatic rings. The number of likely N-dealkylation sites (tertiary alicyclic amines) is 1. The smallest absolute Gasteiger partial charge is 0.326 e. The number of rotatable bonds is 6. The second-order valence-electron chi connectivity index (χ2n) is 7.34. The Labute approximate surface area is 181 Å². The molecule has 3 heterocycles. The van der Waals surface area contributed by atoms with Crippen LogP contribution in [0.4, 0.5) is 4.79 Å². The first kappa shape index (κ1) is 22.6. The number of thioether (sulfide) groups is 1. The van der Waals surface area contributed by atoms with Crippen LogP contribution >= 0.6 is 11.8 Å². The summed E-state index contributed by atoms with van der Waals surface area (Å²) in [5, 5.41) is 16.2. The van der Waals surface area contributed by atoms with E-state index in [1.165, 1.54) is 23.0 Å². The van der Waals surface area contributed by atoms with Crippen molar-refractivity contribution in [3.05, 3.63) is 18.2 Å². The zero-order valence-electron chi connectivity index (χ0n) is 16.8. The number of hydrogen-bond donors (Lipinski definition) is 5. The largest absolute Gasteiger partial charge is 0.480 e. The molecule has 0 radical (unpaired) electrons. The molecule has 2 unspecified atom stereocenters. The minimum atomic E-state index is -1.12. The van der Waals surface area contributed by atoms with E-state index in [9.17, 15) is 29.1 Å². The Morgan fingerprint density at radius 3 is 2.81 bits per heavy atom. The second-order valence-corrected chi connectivity index (χ2v) is 8.72. The highest BCUT2D eigenvalue weighted by atomic mass is 32.2. The molecule has 31 heavy (non-hydrogen) atoms. The van der Waals surface area contributed by atoms with Gasteiger partial charge in [0.15, 0.2) is 0 Å². The maximum atomic E-state index is 13.0. The minimum absolute atomic E-state index is 0.0142. The SMILES string of the molecule is CC1SCC(C(=O)NC(=O)N[C@@H](Cc2c[nH]cn2)C(=O)N2CCC[C@H]2C(=O)O)NC1=O. The number of hydrogen-bond acceptors (Lipinski definition) is 7. The molecule has 2 fully saturated rings. The molecular formula is C18H24N6O6S. The number of amides is 5. The van der Waals surface area contributed by atoms with E-state index in [-0.39, 0.29) is 24.1 Å². The number of carbonyl (C=O) groups is 5. The lowest BCUT2D eigenvalue weighted by Crippen LogP contribution is -2.58. The van der Waals surface area contributed by atoms with Gasteiger partial charge < -0.3 is 25.6 Å². The van der Waals surface area contributed by atoms with Crippen molar-refractivity contribution in [1.82, 2.24) is 30.8 Å². The van der Waals surface area contributed by atoms with Gasteiger partial charge >= 0.3 is 12.0 Å². The topological polar surface area (TPSA) is 174 Å². The van der Waals surface area contributed by atoms with Crippen LogP contribution in [0.3, 0.4) is 0 Å². The summed E-state index contributed by atoms with van der Waals surface area (Å²) in [6.45, 7) is 1.98. The Bertz CT molecular complexity index is 862. The quantitative estimate of drug-likeness (QED) is 0.359. The molecule has 0 spiro atoms. The first-order valence-electron chi connectivity index (χ1n) is 9.80. The van der Waals surface area contributed by atoms with Gasteiger partial charge in [0.1, 0.15) is 18.1 Å². The molecule has 4 atom stereocenters. The fourth-order valence-electron chi connectivity index (χ4n) is 3.48. The predicted octanol–water partition coefficient (Wildman–Crippen LogP) is -1.16. The molecule has 13 heteroatoms. The molecule has 12 nitrogen and oxygen atoms in total. The molecule has 3 rings (SSSR count). The van der Waals surface area contributed by atoms with Gasteiger partial charge in [-0.15, -0.1) is 11.8 Å². The van der Waals surface area contributed by atoms with Gasteiger partial charge in [0.05, 0.1) is 17.3 Å². The van der Waals surface area contributed by atoms with Crippen LogP contribution in [0.25, 0.3) is 0 Å². The zero-order valence-corrected chi connectivity index (χ0v) is 17.6. The van der Waals surface area contributed by atoms with Crippen LogP contribution in [-0.4, -0.2) is 85.4 Å². The summed E-state index contributed by atoms with van der Waals surface area (Å²) in [6.07, 6.45) is 3.86. The number of nitrogens with zero attached hydrogens (tertiary/aromatic N) is 2. The maximum Gasteiger partial charge on any atom is 0.326 e. The summed E-state index contributed by atoms with van der Waals surface area (Å²) in [6, 6.07) is -3.86. The van der Waals surface area contributed by atoms with E-state index >= 15 is 0 Å². The monoisotopic (exact) mass is 452 g/mol. The van der Waals surface area contributed by atoms with Crippen LogP contribution in [0.1, 0.15) is 25.5 Å². The Hall–Kier alpha value is -3.09. The molecular weight excluding hydrogens is 428 g/mol. The fourth-order valence-corrected chi connectivity index (χ4v) is 4.42. The molecule has 1 aromatic heterocycles. The molecule has 0 bridgehead atoms. The van der Waals surface area contributed by atoms with E-state index in [1.54, 1.807) is 13.1 Å². The van der Waals surface area contributed by atoms with Crippen LogP contribution in [0.15, 0.2) is 12.5 Å². The molecule has 2 saturated heterocycles. The molecule has 5 N–H and O–H groups in total. The fraction of sp³-hybridized carbons (Fsp3) is 0.556. The van der Waals surface area contributed by atoms with E-state index in [4.69, 9.17) is 0 Å². The number of aromatic nitrogens is 2. The molecule has 0 aromatic carbocycles. The highest BCUT2D eigenvalue weighted by Gasteiger charge is 2.38.